The Labute approximate surface area is 108 Å². The average molecular weight is 235 g/mol. The lowest BCUT2D eigenvalue weighted by Gasteiger charge is -2.01. The molecule has 17 heavy (non-hydrogen) atoms. The first-order chi connectivity index (χ1) is 8.29. The van der Waals surface area contributed by atoms with E-state index in [1.54, 1.807) is 12.3 Å². The molecule has 0 aliphatic carbocycles. The van der Waals surface area contributed by atoms with Crippen molar-refractivity contribution in [1.29, 1.82) is 0 Å². The molecule has 1 nitrogen and oxygen atoms in total. The Bertz CT molecular complexity index is 255. The molecule has 0 aliphatic rings. The van der Waals surface area contributed by atoms with E-state index in [1.165, 1.54) is 0 Å². The molecule has 0 amide bonds. The standard InChI is InChI=1S/C12H17N.2C2H6/c1-5-9-10-11(6-2)12(7-3)13-8-4;2*1-2/h5-6,8-10H,1,4,7H2,2-3H3;2*1-2H3/b10-9-,11-6+,13-12?;;. The van der Waals surface area contributed by atoms with E-state index >= 15 is 0 Å². The summed E-state index contributed by atoms with van der Waals surface area (Å²) in [5, 5.41) is 0. The highest BCUT2D eigenvalue weighted by Crippen LogP contribution is 2.05. The third kappa shape index (κ3) is 12.6. The van der Waals surface area contributed by atoms with Crippen molar-refractivity contribution >= 4 is 5.71 Å². The van der Waals surface area contributed by atoms with E-state index in [2.05, 4.69) is 25.1 Å². The highest BCUT2D eigenvalue weighted by atomic mass is 14.7. The third-order valence-electron chi connectivity index (χ3n) is 1.64. The van der Waals surface area contributed by atoms with E-state index in [1.807, 2.05) is 52.8 Å². The third-order valence-corrected chi connectivity index (χ3v) is 1.64. The SMILES string of the molecule is C=C/C=C\C(=C/C)C(CC)=NC=C.CC.CC. The lowest BCUT2D eigenvalue weighted by molar-refractivity contribution is 1.26. The Hall–Kier alpha value is -1.37. The van der Waals surface area contributed by atoms with Gasteiger partial charge in [0.1, 0.15) is 0 Å². The minimum atomic E-state index is 0.910. The van der Waals surface area contributed by atoms with Gasteiger partial charge >= 0.3 is 0 Å². The summed E-state index contributed by atoms with van der Waals surface area (Å²) in [6.07, 6.45) is 10.2. The van der Waals surface area contributed by atoms with Crippen LogP contribution >= 0.6 is 0 Å². The number of nitrogens with zero attached hydrogens (tertiary/aromatic N) is 1. The minimum Gasteiger partial charge on any atom is -0.261 e. The van der Waals surface area contributed by atoms with Crippen molar-refractivity contribution in [2.75, 3.05) is 0 Å². The molecule has 0 fully saturated rings. The lowest BCUT2D eigenvalue weighted by Crippen LogP contribution is -1.97. The molecule has 98 valence electrons. The van der Waals surface area contributed by atoms with E-state index < -0.39 is 0 Å². The predicted molar refractivity (Wildman–Crippen MR) is 83.7 cm³/mol. The van der Waals surface area contributed by atoms with Gasteiger partial charge in [-0.1, -0.05) is 72.1 Å². The maximum atomic E-state index is 4.19. The number of aliphatic imine (C=N–C) groups is 1. The van der Waals surface area contributed by atoms with Gasteiger partial charge in [-0.15, -0.1) is 0 Å². The van der Waals surface area contributed by atoms with E-state index in [9.17, 15) is 0 Å². The molecular weight excluding hydrogens is 206 g/mol. The first kappa shape index (κ1) is 21.0. The molecule has 0 saturated heterocycles. The molecular formula is C16H29N. The molecule has 0 rings (SSSR count). The second-order valence-electron chi connectivity index (χ2n) is 2.45. The number of allylic oxidation sites excluding steroid dienone is 5. The molecule has 0 saturated carbocycles. The summed E-state index contributed by atoms with van der Waals surface area (Å²) in [6.45, 7) is 19.3. The van der Waals surface area contributed by atoms with Crippen molar-refractivity contribution in [1.82, 2.24) is 0 Å². The zero-order chi connectivity index (χ0) is 14.1. The molecule has 0 N–H and O–H groups in total. The van der Waals surface area contributed by atoms with Gasteiger partial charge in [0.25, 0.3) is 0 Å². The average Bonchev–Trinajstić information content (AvgIpc) is 2.42. The topological polar surface area (TPSA) is 12.4 Å². The van der Waals surface area contributed by atoms with Gasteiger partial charge in [0.05, 0.1) is 0 Å². The molecule has 0 atom stereocenters. The Morgan fingerprint density at radius 1 is 1.12 bits per heavy atom. The van der Waals surface area contributed by atoms with Crippen LogP contribution in [-0.4, -0.2) is 5.71 Å². The second-order valence-corrected chi connectivity index (χ2v) is 2.45. The molecule has 0 aliphatic heterocycles. The van der Waals surface area contributed by atoms with Gasteiger partial charge in [0, 0.05) is 11.9 Å². The van der Waals surface area contributed by atoms with Crippen LogP contribution in [0.4, 0.5) is 0 Å². The van der Waals surface area contributed by atoms with Gasteiger partial charge in [-0.3, -0.25) is 4.99 Å². The van der Waals surface area contributed by atoms with Gasteiger partial charge in [-0.2, -0.15) is 0 Å². The molecule has 0 aromatic carbocycles. The summed E-state index contributed by atoms with van der Waals surface area (Å²) in [6, 6.07) is 0. The molecule has 0 heterocycles. The Morgan fingerprint density at radius 3 is 1.94 bits per heavy atom. The summed E-state index contributed by atoms with van der Waals surface area (Å²) in [5.74, 6) is 0. The summed E-state index contributed by atoms with van der Waals surface area (Å²) in [5.41, 5.74) is 2.18. The van der Waals surface area contributed by atoms with E-state index in [-0.39, 0.29) is 0 Å². The van der Waals surface area contributed by atoms with Crippen molar-refractivity contribution in [3.05, 3.63) is 49.2 Å². The second kappa shape index (κ2) is 20.1. The van der Waals surface area contributed by atoms with Crippen molar-refractivity contribution < 1.29 is 0 Å². The van der Waals surface area contributed by atoms with Crippen LogP contribution < -0.4 is 0 Å². The molecule has 0 bridgehead atoms. The summed E-state index contributed by atoms with van der Waals surface area (Å²) in [4.78, 5) is 4.19. The van der Waals surface area contributed by atoms with E-state index in [0.29, 0.717) is 0 Å². The number of rotatable bonds is 5. The maximum absolute atomic E-state index is 4.19. The van der Waals surface area contributed by atoms with Crippen LogP contribution in [0.1, 0.15) is 48.0 Å². The van der Waals surface area contributed by atoms with Gasteiger partial charge in [-0.25, -0.2) is 0 Å². The van der Waals surface area contributed by atoms with Crippen LogP contribution in [-0.2, 0) is 0 Å². The van der Waals surface area contributed by atoms with Crippen molar-refractivity contribution in [3.8, 4) is 0 Å². The quantitative estimate of drug-likeness (QED) is 0.427. The highest BCUT2D eigenvalue weighted by molar-refractivity contribution is 6.02. The number of hydrogen-bond acceptors (Lipinski definition) is 1. The van der Waals surface area contributed by atoms with Crippen LogP contribution in [0.15, 0.2) is 54.2 Å². The van der Waals surface area contributed by atoms with Crippen LogP contribution in [0, 0.1) is 0 Å². The molecule has 0 aromatic heterocycles. The van der Waals surface area contributed by atoms with Gasteiger partial charge in [-0.05, 0) is 18.9 Å². The van der Waals surface area contributed by atoms with E-state index in [4.69, 9.17) is 0 Å². The molecule has 0 aromatic rings. The first-order valence-electron chi connectivity index (χ1n) is 6.43. The molecule has 1 heteroatoms. The fraction of sp³-hybridized carbons (Fsp3) is 0.438. The molecule has 0 radical (unpaired) electrons. The van der Waals surface area contributed by atoms with Crippen molar-refractivity contribution in [3.63, 3.8) is 0 Å². The summed E-state index contributed by atoms with van der Waals surface area (Å²) >= 11 is 0. The Kier molecular flexibility index (Phi) is 24.8. The fourth-order valence-corrected chi connectivity index (χ4v) is 1.01. The normalized spacial score (nSPS) is 10.9. The lowest BCUT2D eigenvalue weighted by atomic mass is 10.1. The first-order valence-corrected chi connectivity index (χ1v) is 6.43. The van der Waals surface area contributed by atoms with Crippen molar-refractivity contribution in [2.45, 2.75) is 48.0 Å². The van der Waals surface area contributed by atoms with E-state index in [0.717, 1.165) is 17.7 Å². The summed E-state index contributed by atoms with van der Waals surface area (Å²) in [7, 11) is 0. The summed E-state index contributed by atoms with van der Waals surface area (Å²) < 4.78 is 0. The van der Waals surface area contributed by atoms with Gasteiger partial charge < -0.3 is 0 Å². The number of hydrogen-bond donors (Lipinski definition) is 0. The monoisotopic (exact) mass is 235 g/mol. The highest BCUT2D eigenvalue weighted by Gasteiger charge is 1.97. The van der Waals surface area contributed by atoms with Crippen LogP contribution in [0.2, 0.25) is 0 Å². The zero-order valence-electron chi connectivity index (χ0n) is 12.5. The van der Waals surface area contributed by atoms with Crippen LogP contribution in [0.3, 0.4) is 0 Å². The smallest absolute Gasteiger partial charge is 0.0469 e. The Morgan fingerprint density at radius 2 is 1.65 bits per heavy atom. The fourth-order valence-electron chi connectivity index (χ4n) is 1.01. The maximum Gasteiger partial charge on any atom is 0.0469 e. The molecule has 0 unspecified atom stereocenters. The van der Waals surface area contributed by atoms with Crippen molar-refractivity contribution in [2.24, 2.45) is 4.99 Å². The molecule has 0 spiro atoms. The van der Waals surface area contributed by atoms with Crippen LogP contribution in [0.5, 0.6) is 0 Å². The Balaban J connectivity index is -0.000000439. The minimum absolute atomic E-state index is 0.910. The predicted octanol–water partition coefficient (Wildman–Crippen LogP) is 5.72. The van der Waals surface area contributed by atoms with Crippen LogP contribution in [0.25, 0.3) is 0 Å². The van der Waals surface area contributed by atoms with Gasteiger partial charge in [0.2, 0.25) is 0 Å². The largest absolute Gasteiger partial charge is 0.261 e. The van der Waals surface area contributed by atoms with Gasteiger partial charge in [0.15, 0.2) is 0 Å². The zero-order valence-corrected chi connectivity index (χ0v) is 12.5.